The zero-order valence-electron chi connectivity index (χ0n) is 17.4. The van der Waals surface area contributed by atoms with E-state index >= 15 is 0 Å². The number of rotatable bonds is 5. The monoisotopic (exact) mass is 410 g/mol. The van der Waals surface area contributed by atoms with Crippen LogP contribution in [0.2, 0.25) is 0 Å². The van der Waals surface area contributed by atoms with Crippen LogP contribution in [0.15, 0.2) is 84.2 Å². The van der Waals surface area contributed by atoms with E-state index in [2.05, 4.69) is 15.3 Å². The first kappa shape index (κ1) is 20.2. The SMILES string of the molecule is Cc1ccccc1NC(=O)c1c(-c2ccncc2)n(Cc2ccncc2)c(C)cc1=O. The van der Waals surface area contributed by atoms with Gasteiger partial charge in [-0.25, -0.2) is 0 Å². The molecule has 6 heteroatoms. The van der Waals surface area contributed by atoms with Gasteiger partial charge in [0.05, 0.1) is 5.69 Å². The highest BCUT2D eigenvalue weighted by Crippen LogP contribution is 2.25. The van der Waals surface area contributed by atoms with Gasteiger partial charge in [-0.2, -0.15) is 0 Å². The van der Waals surface area contributed by atoms with Gasteiger partial charge in [-0.3, -0.25) is 19.6 Å². The Labute approximate surface area is 180 Å². The van der Waals surface area contributed by atoms with Crippen molar-refractivity contribution in [3.05, 3.63) is 112 Å². The van der Waals surface area contributed by atoms with Crippen LogP contribution in [0.25, 0.3) is 11.3 Å². The topological polar surface area (TPSA) is 76.9 Å². The molecule has 31 heavy (non-hydrogen) atoms. The number of anilines is 1. The Morgan fingerprint density at radius 3 is 2.26 bits per heavy atom. The van der Waals surface area contributed by atoms with Crippen molar-refractivity contribution in [2.24, 2.45) is 0 Å². The molecule has 1 amide bonds. The summed E-state index contributed by atoms with van der Waals surface area (Å²) in [5, 5.41) is 2.91. The van der Waals surface area contributed by atoms with E-state index in [1.54, 1.807) is 24.8 Å². The Balaban J connectivity index is 1.90. The molecule has 0 aliphatic heterocycles. The van der Waals surface area contributed by atoms with Crippen LogP contribution in [-0.4, -0.2) is 20.4 Å². The van der Waals surface area contributed by atoms with Gasteiger partial charge >= 0.3 is 0 Å². The van der Waals surface area contributed by atoms with E-state index in [1.807, 2.05) is 66.9 Å². The average Bonchev–Trinajstić information content (AvgIpc) is 2.78. The Morgan fingerprint density at radius 1 is 0.935 bits per heavy atom. The van der Waals surface area contributed by atoms with Crippen LogP contribution in [0.4, 0.5) is 5.69 Å². The number of carbonyl (C=O) groups is 1. The Bertz CT molecular complexity index is 1280. The number of pyridine rings is 3. The predicted molar refractivity (Wildman–Crippen MR) is 121 cm³/mol. The highest BCUT2D eigenvalue weighted by molar-refractivity contribution is 6.08. The largest absolute Gasteiger partial charge is 0.340 e. The highest BCUT2D eigenvalue weighted by atomic mass is 16.2. The van der Waals surface area contributed by atoms with Gasteiger partial charge < -0.3 is 9.88 Å². The quantitative estimate of drug-likeness (QED) is 0.534. The lowest BCUT2D eigenvalue weighted by Crippen LogP contribution is -2.27. The van der Waals surface area contributed by atoms with Crippen molar-refractivity contribution in [2.75, 3.05) is 5.32 Å². The van der Waals surface area contributed by atoms with Gasteiger partial charge in [0.25, 0.3) is 5.91 Å². The molecule has 0 atom stereocenters. The molecule has 154 valence electrons. The molecule has 3 heterocycles. The smallest absolute Gasteiger partial charge is 0.261 e. The maximum absolute atomic E-state index is 13.3. The lowest BCUT2D eigenvalue weighted by atomic mass is 10.0. The number of hydrogen-bond donors (Lipinski definition) is 1. The van der Waals surface area contributed by atoms with Gasteiger partial charge in [0.15, 0.2) is 5.43 Å². The number of amides is 1. The first-order chi connectivity index (χ1) is 15.0. The van der Waals surface area contributed by atoms with Crippen LogP contribution in [-0.2, 0) is 6.54 Å². The van der Waals surface area contributed by atoms with E-state index in [4.69, 9.17) is 0 Å². The molecule has 3 aromatic heterocycles. The zero-order valence-corrected chi connectivity index (χ0v) is 17.4. The van der Waals surface area contributed by atoms with Gasteiger partial charge in [-0.05, 0) is 55.3 Å². The fourth-order valence-electron chi connectivity index (χ4n) is 3.57. The Kier molecular flexibility index (Phi) is 5.71. The van der Waals surface area contributed by atoms with Crippen LogP contribution in [0, 0.1) is 13.8 Å². The fourth-order valence-corrected chi connectivity index (χ4v) is 3.57. The molecule has 0 bridgehead atoms. The molecular weight excluding hydrogens is 388 g/mol. The summed E-state index contributed by atoms with van der Waals surface area (Å²) in [6.45, 7) is 4.28. The van der Waals surface area contributed by atoms with Crippen molar-refractivity contribution >= 4 is 11.6 Å². The summed E-state index contributed by atoms with van der Waals surface area (Å²) in [4.78, 5) is 34.6. The molecular formula is C25H22N4O2. The second kappa shape index (κ2) is 8.75. The summed E-state index contributed by atoms with van der Waals surface area (Å²) in [6, 6.07) is 16.5. The number of nitrogens with zero attached hydrogens (tertiary/aromatic N) is 3. The first-order valence-corrected chi connectivity index (χ1v) is 9.95. The third kappa shape index (κ3) is 4.28. The molecule has 4 aromatic rings. The van der Waals surface area contributed by atoms with Crippen LogP contribution in [0.3, 0.4) is 0 Å². The van der Waals surface area contributed by atoms with Crippen molar-refractivity contribution in [1.82, 2.24) is 14.5 Å². The molecule has 0 fully saturated rings. The van der Waals surface area contributed by atoms with Crippen molar-refractivity contribution in [3.63, 3.8) is 0 Å². The molecule has 0 aliphatic carbocycles. The maximum Gasteiger partial charge on any atom is 0.261 e. The summed E-state index contributed by atoms with van der Waals surface area (Å²) < 4.78 is 1.98. The Morgan fingerprint density at radius 2 is 1.58 bits per heavy atom. The predicted octanol–water partition coefficient (Wildman–Crippen LogP) is 4.22. The minimum absolute atomic E-state index is 0.106. The van der Waals surface area contributed by atoms with E-state index in [0.717, 1.165) is 22.4 Å². The summed E-state index contributed by atoms with van der Waals surface area (Å²) >= 11 is 0. The van der Waals surface area contributed by atoms with Crippen molar-refractivity contribution in [2.45, 2.75) is 20.4 Å². The van der Waals surface area contributed by atoms with Gasteiger partial charge in [-0.1, -0.05) is 18.2 Å². The van der Waals surface area contributed by atoms with Crippen molar-refractivity contribution in [1.29, 1.82) is 0 Å². The number of hydrogen-bond acceptors (Lipinski definition) is 4. The molecule has 0 aliphatic rings. The summed E-state index contributed by atoms with van der Waals surface area (Å²) in [6.07, 6.45) is 6.76. The normalized spacial score (nSPS) is 10.6. The van der Waals surface area contributed by atoms with Gasteiger partial charge in [0, 0.05) is 54.3 Å². The third-order valence-corrected chi connectivity index (χ3v) is 5.18. The van der Waals surface area contributed by atoms with E-state index in [0.29, 0.717) is 17.9 Å². The minimum Gasteiger partial charge on any atom is -0.340 e. The van der Waals surface area contributed by atoms with Gasteiger partial charge in [-0.15, -0.1) is 0 Å². The van der Waals surface area contributed by atoms with Crippen LogP contribution in [0.1, 0.15) is 27.2 Å². The van der Waals surface area contributed by atoms with Crippen molar-refractivity contribution < 1.29 is 4.79 Å². The molecule has 4 rings (SSSR count). The molecule has 6 nitrogen and oxygen atoms in total. The van der Waals surface area contributed by atoms with E-state index in [-0.39, 0.29) is 11.0 Å². The van der Waals surface area contributed by atoms with Crippen LogP contribution in [0.5, 0.6) is 0 Å². The molecule has 0 radical (unpaired) electrons. The standard InChI is InChI=1S/C25H22N4O2/c1-17-5-3-4-6-21(17)28-25(31)23-22(30)15-18(2)29(16-19-7-11-26-12-8-19)24(23)20-9-13-27-14-10-20/h3-15H,16H2,1-2H3,(H,28,31). The van der Waals surface area contributed by atoms with Gasteiger partial charge in [0.1, 0.15) is 5.56 Å². The summed E-state index contributed by atoms with van der Waals surface area (Å²) in [7, 11) is 0. The second-order valence-corrected chi connectivity index (χ2v) is 7.32. The average molecular weight is 410 g/mol. The fraction of sp³-hybridized carbons (Fsp3) is 0.120. The summed E-state index contributed by atoms with van der Waals surface area (Å²) in [5.41, 5.74) is 4.48. The lowest BCUT2D eigenvalue weighted by Gasteiger charge is -2.20. The van der Waals surface area contributed by atoms with E-state index in [9.17, 15) is 9.59 Å². The summed E-state index contributed by atoms with van der Waals surface area (Å²) in [5.74, 6) is -0.436. The number of aryl methyl sites for hydroxylation is 2. The van der Waals surface area contributed by atoms with E-state index in [1.165, 1.54) is 6.07 Å². The van der Waals surface area contributed by atoms with Gasteiger partial charge in [0.2, 0.25) is 0 Å². The van der Waals surface area contributed by atoms with Crippen molar-refractivity contribution in [3.8, 4) is 11.3 Å². The number of nitrogens with one attached hydrogen (secondary N) is 1. The highest BCUT2D eigenvalue weighted by Gasteiger charge is 2.22. The van der Waals surface area contributed by atoms with Crippen LogP contribution >= 0.6 is 0 Å². The molecule has 1 N–H and O–H groups in total. The number of carbonyl (C=O) groups excluding carboxylic acids is 1. The molecule has 1 aromatic carbocycles. The minimum atomic E-state index is -0.436. The molecule has 0 saturated heterocycles. The van der Waals surface area contributed by atoms with E-state index < -0.39 is 5.91 Å². The second-order valence-electron chi connectivity index (χ2n) is 7.32. The maximum atomic E-state index is 13.3. The number of para-hydroxylation sites is 1. The number of benzene rings is 1. The molecule has 0 unspecified atom stereocenters. The first-order valence-electron chi connectivity index (χ1n) is 9.95. The lowest BCUT2D eigenvalue weighted by molar-refractivity contribution is 0.102. The van der Waals surface area contributed by atoms with Crippen LogP contribution < -0.4 is 10.7 Å². The third-order valence-electron chi connectivity index (χ3n) is 5.18. The molecule has 0 spiro atoms. The number of aromatic nitrogens is 3. The molecule has 0 saturated carbocycles. The Hall–Kier alpha value is -4.06. The zero-order chi connectivity index (χ0) is 21.8.